The number of rotatable bonds is 3. The lowest BCUT2D eigenvalue weighted by Crippen LogP contribution is -2.15. The van der Waals surface area contributed by atoms with Crippen LogP contribution >= 0.6 is 0 Å². The van der Waals surface area contributed by atoms with E-state index in [2.05, 4.69) is 20.8 Å². The SMILES string of the molecule is C1CCOC1.CC(C)(C)COCCO. The molecule has 1 aliphatic heterocycles. The van der Waals surface area contributed by atoms with Crippen LogP contribution in [0, 0.1) is 5.41 Å². The van der Waals surface area contributed by atoms with Crippen LogP contribution in [0.4, 0.5) is 0 Å². The normalized spacial score (nSPS) is 16.3. The zero-order chi connectivity index (χ0) is 10.9. The van der Waals surface area contributed by atoms with Crippen LogP contribution in [0.3, 0.4) is 0 Å². The number of ether oxygens (including phenoxy) is 2. The molecular formula is C11H24O3. The van der Waals surface area contributed by atoms with Gasteiger partial charge in [0.15, 0.2) is 0 Å². The summed E-state index contributed by atoms with van der Waals surface area (Å²) < 4.78 is 10.0. The largest absolute Gasteiger partial charge is 0.394 e. The van der Waals surface area contributed by atoms with Crippen molar-refractivity contribution < 1.29 is 14.6 Å². The van der Waals surface area contributed by atoms with E-state index in [0.717, 1.165) is 13.2 Å². The molecule has 3 heteroatoms. The van der Waals surface area contributed by atoms with Crippen molar-refractivity contribution in [3.8, 4) is 0 Å². The van der Waals surface area contributed by atoms with E-state index in [0.29, 0.717) is 13.2 Å². The topological polar surface area (TPSA) is 38.7 Å². The minimum Gasteiger partial charge on any atom is -0.394 e. The molecule has 86 valence electrons. The summed E-state index contributed by atoms with van der Waals surface area (Å²) in [6, 6.07) is 0. The Labute approximate surface area is 87.4 Å². The van der Waals surface area contributed by atoms with Crippen molar-refractivity contribution in [2.75, 3.05) is 33.0 Å². The van der Waals surface area contributed by atoms with E-state index < -0.39 is 0 Å². The standard InChI is InChI=1S/C7H16O2.C4H8O/c1-7(2,3)6-9-5-4-8;1-2-4-5-3-1/h8H,4-6H2,1-3H3;1-4H2. The Morgan fingerprint density at radius 2 is 1.79 bits per heavy atom. The molecule has 0 aromatic carbocycles. The zero-order valence-corrected chi connectivity index (χ0v) is 9.71. The zero-order valence-electron chi connectivity index (χ0n) is 9.71. The van der Waals surface area contributed by atoms with Gasteiger partial charge in [-0.2, -0.15) is 0 Å². The van der Waals surface area contributed by atoms with E-state index in [1.165, 1.54) is 12.8 Å². The molecule has 14 heavy (non-hydrogen) atoms. The molecule has 0 aliphatic carbocycles. The van der Waals surface area contributed by atoms with Crippen LogP contribution in [0.1, 0.15) is 33.6 Å². The van der Waals surface area contributed by atoms with E-state index in [1.807, 2.05) is 0 Å². The van der Waals surface area contributed by atoms with Crippen molar-refractivity contribution >= 4 is 0 Å². The first kappa shape index (κ1) is 13.9. The van der Waals surface area contributed by atoms with Gasteiger partial charge >= 0.3 is 0 Å². The molecule has 0 amide bonds. The second-order valence-corrected chi connectivity index (χ2v) is 4.66. The monoisotopic (exact) mass is 204 g/mol. The van der Waals surface area contributed by atoms with Gasteiger partial charge in [0.25, 0.3) is 0 Å². The van der Waals surface area contributed by atoms with Crippen LogP contribution in [-0.2, 0) is 9.47 Å². The van der Waals surface area contributed by atoms with Gasteiger partial charge in [0.05, 0.1) is 19.8 Å². The van der Waals surface area contributed by atoms with Gasteiger partial charge in [0.1, 0.15) is 0 Å². The van der Waals surface area contributed by atoms with Gasteiger partial charge in [-0.15, -0.1) is 0 Å². The third-order valence-corrected chi connectivity index (χ3v) is 1.60. The molecule has 1 rings (SSSR count). The maximum Gasteiger partial charge on any atom is 0.0697 e. The summed E-state index contributed by atoms with van der Waals surface area (Å²) in [6.07, 6.45) is 2.56. The van der Waals surface area contributed by atoms with E-state index >= 15 is 0 Å². The maximum atomic E-state index is 8.34. The van der Waals surface area contributed by atoms with Crippen molar-refractivity contribution in [2.45, 2.75) is 33.6 Å². The highest BCUT2D eigenvalue weighted by molar-refractivity contribution is 4.58. The van der Waals surface area contributed by atoms with Crippen LogP contribution < -0.4 is 0 Å². The fourth-order valence-corrected chi connectivity index (χ4v) is 0.953. The van der Waals surface area contributed by atoms with Gasteiger partial charge in [0.2, 0.25) is 0 Å². The third kappa shape index (κ3) is 11.9. The molecular weight excluding hydrogens is 180 g/mol. The Kier molecular flexibility index (Phi) is 8.14. The summed E-state index contributed by atoms with van der Waals surface area (Å²) in [7, 11) is 0. The Hall–Kier alpha value is -0.120. The smallest absolute Gasteiger partial charge is 0.0697 e. The lowest BCUT2D eigenvalue weighted by Gasteiger charge is -2.17. The van der Waals surface area contributed by atoms with Crippen molar-refractivity contribution in [1.29, 1.82) is 0 Å². The summed E-state index contributed by atoms with van der Waals surface area (Å²) in [5.74, 6) is 0. The van der Waals surface area contributed by atoms with Gasteiger partial charge in [-0.3, -0.25) is 0 Å². The fraction of sp³-hybridized carbons (Fsp3) is 1.00. The summed E-state index contributed by atoms with van der Waals surface area (Å²) in [5, 5.41) is 8.34. The van der Waals surface area contributed by atoms with E-state index in [1.54, 1.807) is 0 Å². The predicted molar refractivity (Wildman–Crippen MR) is 57.4 cm³/mol. The fourth-order valence-electron chi connectivity index (χ4n) is 0.953. The first-order valence-corrected chi connectivity index (χ1v) is 5.32. The van der Waals surface area contributed by atoms with Crippen LogP contribution in [0.25, 0.3) is 0 Å². The first-order valence-electron chi connectivity index (χ1n) is 5.32. The Balaban J connectivity index is 0.000000280. The Bertz CT molecular complexity index is 107. The quantitative estimate of drug-likeness (QED) is 0.713. The van der Waals surface area contributed by atoms with Gasteiger partial charge in [-0.25, -0.2) is 0 Å². The summed E-state index contributed by atoms with van der Waals surface area (Å²) in [4.78, 5) is 0. The molecule has 1 aliphatic rings. The summed E-state index contributed by atoms with van der Waals surface area (Å²) in [6.45, 7) is 9.60. The molecule has 0 unspecified atom stereocenters. The molecule has 0 saturated carbocycles. The van der Waals surface area contributed by atoms with Crippen LogP contribution in [0.15, 0.2) is 0 Å². The van der Waals surface area contributed by atoms with E-state index in [4.69, 9.17) is 14.6 Å². The molecule has 3 nitrogen and oxygen atoms in total. The van der Waals surface area contributed by atoms with Crippen LogP contribution in [-0.4, -0.2) is 38.1 Å². The number of aliphatic hydroxyl groups excluding tert-OH is 1. The lowest BCUT2D eigenvalue weighted by molar-refractivity contribution is 0.0464. The van der Waals surface area contributed by atoms with E-state index in [9.17, 15) is 0 Å². The predicted octanol–water partition coefficient (Wildman–Crippen LogP) is 1.84. The minimum atomic E-state index is 0.121. The average Bonchev–Trinajstić information content (AvgIpc) is 2.59. The molecule has 0 spiro atoms. The number of aliphatic hydroxyl groups is 1. The minimum absolute atomic E-state index is 0.121. The van der Waals surface area contributed by atoms with Gasteiger partial charge in [0, 0.05) is 13.2 Å². The van der Waals surface area contributed by atoms with Crippen molar-refractivity contribution in [3.05, 3.63) is 0 Å². The van der Waals surface area contributed by atoms with Gasteiger partial charge in [-0.1, -0.05) is 20.8 Å². The third-order valence-electron chi connectivity index (χ3n) is 1.60. The number of hydrogen-bond donors (Lipinski definition) is 1. The molecule has 0 bridgehead atoms. The summed E-state index contributed by atoms with van der Waals surface area (Å²) in [5.41, 5.74) is 0.217. The highest BCUT2D eigenvalue weighted by Crippen LogP contribution is 2.12. The molecule has 0 aromatic heterocycles. The average molecular weight is 204 g/mol. The second kappa shape index (κ2) is 8.21. The Morgan fingerprint density at radius 3 is 2.07 bits per heavy atom. The maximum absolute atomic E-state index is 8.34. The van der Waals surface area contributed by atoms with Gasteiger partial charge < -0.3 is 14.6 Å². The summed E-state index contributed by atoms with van der Waals surface area (Å²) >= 11 is 0. The highest BCUT2D eigenvalue weighted by Gasteiger charge is 2.08. The van der Waals surface area contributed by atoms with Crippen molar-refractivity contribution in [3.63, 3.8) is 0 Å². The van der Waals surface area contributed by atoms with Crippen LogP contribution in [0.5, 0.6) is 0 Å². The molecule has 1 fully saturated rings. The lowest BCUT2D eigenvalue weighted by atomic mass is 9.99. The van der Waals surface area contributed by atoms with Crippen molar-refractivity contribution in [2.24, 2.45) is 5.41 Å². The first-order chi connectivity index (χ1) is 6.56. The van der Waals surface area contributed by atoms with E-state index in [-0.39, 0.29) is 12.0 Å². The van der Waals surface area contributed by atoms with Gasteiger partial charge in [-0.05, 0) is 18.3 Å². The number of hydrogen-bond acceptors (Lipinski definition) is 3. The molecule has 0 atom stereocenters. The Morgan fingerprint density at radius 1 is 1.21 bits per heavy atom. The molecule has 1 N–H and O–H groups in total. The highest BCUT2D eigenvalue weighted by atomic mass is 16.5. The molecule has 1 heterocycles. The molecule has 0 aromatic rings. The molecule has 1 saturated heterocycles. The van der Waals surface area contributed by atoms with Crippen molar-refractivity contribution in [1.82, 2.24) is 0 Å². The van der Waals surface area contributed by atoms with Crippen LogP contribution in [0.2, 0.25) is 0 Å². The molecule has 0 radical (unpaired) electrons. The second-order valence-electron chi connectivity index (χ2n) is 4.66.